The molecule has 0 aromatic carbocycles. The van der Waals surface area contributed by atoms with Crippen molar-refractivity contribution in [3.05, 3.63) is 0 Å². The van der Waals surface area contributed by atoms with Gasteiger partial charge in [-0.3, -0.25) is 9.69 Å². The van der Waals surface area contributed by atoms with Crippen molar-refractivity contribution in [3.8, 4) is 0 Å². The van der Waals surface area contributed by atoms with Crippen molar-refractivity contribution in [3.63, 3.8) is 0 Å². The van der Waals surface area contributed by atoms with Crippen molar-refractivity contribution in [2.75, 3.05) is 19.6 Å². The molecule has 1 amide bonds. The van der Waals surface area contributed by atoms with E-state index in [-0.39, 0.29) is 11.9 Å². The summed E-state index contributed by atoms with van der Waals surface area (Å²) >= 11 is 0. The smallest absolute Gasteiger partial charge is 0.236 e. The van der Waals surface area contributed by atoms with Crippen molar-refractivity contribution in [2.45, 2.75) is 45.7 Å². The van der Waals surface area contributed by atoms with Crippen LogP contribution in [0.25, 0.3) is 0 Å². The molecule has 3 unspecified atom stereocenters. The maximum absolute atomic E-state index is 11.5. The molecule has 1 aliphatic heterocycles. The van der Waals surface area contributed by atoms with Gasteiger partial charge in [-0.2, -0.15) is 0 Å². The lowest BCUT2D eigenvalue weighted by Gasteiger charge is -2.40. The van der Waals surface area contributed by atoms with E-state index in [2.05, 4.69) is 31.0 Å². The molecule has 0 spiro atoms. The second-order valence-corrected chi connectivity index (χ2v) is 6.48. The summed E-state index contributed by atoms with van der Waals surface area (Å²) in [6.07, 6.45) is 2.42. The Labute approximate surface area is 104 Å². The Morgan fingerprint density at radius 3 is 2.65 bits per heavy atom. The molecule has 4 nitrogen and oxygen atoms in total. The van der Waals surface area contributed by atoms with Crippen LogP contribution in [0, 0.1) is 11.3 Å². The molecular weight excluding hydrogens is 214 g/mol. The van der Waals surface area contributed by atoms with E-state index in [1.54, 1.807) is 0 Å². The van der Waals surface area contributed by atoms with E-state index in [0.717, 1.165) is 13.1 Å². The Morgan fingerprint density at radius 2 is 2.12 bits per heavy atom. The lowest BCUT2D eigenvalue weighted by Crippen LogP contribution is -2.60. The minimum atomic E-state index is -0.186. The quantitative estimate of drug-likeness (QED) is 0.741. The van der Waals surface area contributed by atoms with Crippen molar-refractivity contribution in [1.29, 1.82) is 0 Å². The van der Waals surface area contributed by atoms with Crippen molar-refractivity contribution in [2.24, 2.45) is 17.1 Å². The number of carbonyl (C=O) groups is 1. The van der Waals surface area contributed by atoms with E-state index in [4.69, 9.17) is 5.73 Å². The number of piperazine rings is 1. The Balaban J connectivity index is 2.12. The molecule has 0 aromatic heterocycles. The number of hydrogen-bond donors (Lipinski definition) is 2. The first-order chi connectivity index (χ1) is 7.91. The summed E-state index contributed by atoms with van der Waals surface area (Å²) in [6, 6.07) is 0.398. The molecule has 0 radical (unpaired) electrons. The predicted octanol–water partition coefficient (Wildman–Crippen LogP) is 0.570. The summed E-state index contributed by atoms with van der Waals surface area (Å²) in [6.45, 7) is 9.57. The van der Waals surface area contributed by atoms with Crippen LogP contribution >= 0.6 is 0 Å². The molecule has 98 valence electrons. The van der Waals surface area contributed by atoms with E-state index < -0.39 is 0 Å². The first-order valence-corrected chi connectivity index (χ1v) is 6.66. The molecule has 1 saturated heterocycles. The van der Waals surface area contributed by atoms with Gasteiger partial charge in [-0.15, -0.1) is 0 Å². The molecule has 3 N–H and O–H groups in total. The van der Waals surface area contributed by atoms with Gasteiger partial charge in [0.2, 0.25) is 5.91 Å². The summed E-state index contributed by atoms with van der Waals surface area (Å²) in [4.78, 5) is 13.9. The molecule has 1 heterocycles. The number of carbonyl (C=O) groups excluding carboxylic acids is 1. The number of amides is 1. The molecule has 2 rings (SSSR count). The summed E-state index contributed by atoms with van der Waals surface area (Å²) in [7, 11) is 0. The van der Waals surface area contributed by atoms with Gasteiger partial charge in [-0.1, -0.05) is 20.8 Å². The van der Waals surface area contributed by atoms with Crippen LogP contribution < -0.4 is 11.1 Å². The third-order valence-electron chi connectivity index (χ3n) is 4.33. The molecule has 4 heteroatoms. The van der Waals surface area contributed by atoms with Crippen LogP contribution in [0.5, 0.6) is 0 Å². The molecule has 1 saturated carbocycles. The number of primary amides is 1. The maximum Gasteiger partial charge on any atom is 0.236 e. The van der Waals surface area contributed by atoms with Gasteiger partial charge in [0.25, 0.3) is 0 Å². The van der Waals surface area contributed by atoms with Crippen molar-refractivity contribution >= 4 is 5.91 Å². The monoisotopic (exact) mass is 239 g/mol. The minimum Gasteiger partial charge on any atom is -0.368 e. The summed E-state index contributed by atoms with van der Waals surface area (Å²) in [5.74, 6) is 0.471. The zero-order valence-electron chi connectivity index (χ0n) is 11.2. The molecular formula is C13H25N3O. The standard InChI is InChI=1S/C13H25N3O/c1-9-6-13(2,3)7-10(9)16-5-4-15-8-11(16)12(14)17/h9-11,15H,4-8H2,1-3H3,(H2,14,17). The van der Waals surface area contributed by atoms with Gasteiger partial charge >= 0.3 is 0 Å². The van der Waals surface area contributed by atoms with Gasteiger partial charge < -0.3 is 11.1 Å². The average Bonchev–Trinajstić information content (AvgIpc) is 2.52. The van der Waals surface area contributed by atoms with Crippen LogP contribution in [0.4, 0.5) is 0 Å². The fourth-order valence-corrected chi connectivity index (χ4v) is 3.68. The fourth-order valence-electron chi connectivity index (χ4n) is 3.68. The summed E-state index contributed by atoms with van der Waals surface area (Å²) in [5.41, 5.74) is 5.92. The normalized spacial score (nSPS) is 38.2. The van der Waals surface area contributed by atoms with Crippen LogP contribution in [0.15, 0.2) is 0 Å². The average molecular weight is 239 g/mol. The summed E-state index contributed by atoms with van der Waals surface area (Å²) < 4.78 is 0. The number of nitrogens with two attached hydrogens (primary N) is 1. The van der Waals surface area contributed by atoms with Crippen LogP contribution in [-0.2, 0) is 4.79 Å². The third-order valence-corrected chi connectivity index (χ3v) is 4.33. The molecule has 3 atom stereocenters. The molecule has 17 heavy (non-hydrogen) atoms. The molecule has 0 bridgehead atoms. The Morgan fingerprint density at radius 1 is 1.41 bits per heavy atom. The zero-order chi connectivity index (χ0) is 12.6. The highest BCUT2D eigenvalue weighted by atomic mass is 16.1. The van der Waals surface area contributed by atoms with E-state index in [0.29, 0.717) is 23.9 Å². The van der Waals surface area contributed by atoms with Crippen molar-refractivity contribution < 1.29 is 4.79 Å². The second-order valence-electron chi connectivity index (χ2n) is 6.48. The van der Waals surface area contributed by atoms with Crippen LogP contribution in [0.1, 0.15) is 33.6 Å². The van der Waals surface area contributed by atoms with Gasteiger partial charge in [0.1, 0.15) is 6.04 Å². The number of hydrogen-bond acceptors (Lipinski definition) is 3. The number of nitrogens with zero attached hydrogens (tertiary/aromatic N) is 1. The molecule has 2 aliphatic rings. The highest BCUT2D eigenvalue weighted by Gasteiger charge is 2.43. The topological polar surface area (TPSA) is 58.4 Å². The van der Waals surface area contributed by atoms with Crippen LogP contribution in [0.2, 0.25) is 0 Å². The Hall–Kier alpha value is -0.610. The molecule has 2 fully saturated rings. The van der Waals surface area contributed by atoms with Gasteiger partial charge in [0, 0.05) is 25.7 Å². The Bertz CT molecular complexity index is 303. The lowest BCUT2D eigenvalue weighted by atomic mass is 9.91. The first kappa shape index (κ1) is 12.8. The fraction of sp³-hybridized carbons (Fsp3) is 0.923. The van der Waals surface area contributed by atoms with E-state index >= 15 is 0 Å². The largest absolute Gasteiger partial charge is 0.368 e. The highest BCUT2D eigenvalue weighted by Crippen LogP contribution is 2.43. The van der Waals surface area contributed by atoms with Gasteiger partial charge in [0.05, 0.1) is 0 Å². The maximum atomic E-state index is 11.5. The van der Waals surface area contributed by atoms with Crippen LogP contribution in [0.3, 0.4) is 0 Å². The third kappa shape index (κ3) is 2.63. The van der Waals surface area contributed by atoms with Crippen LogP contribution in [-0.4, -0.2) is 42.5 Å². The Kier molecular flexibility index (Phi) is 3.46. The second kappa shape index (κ2) is 4.58. The molecule has 1 aliphatic carbocycles. The van der Waals surface area contributed by atoms with E-state index in [1.807, 2.05) is 0 Å². The number of nitrogens with one attached hydrogen (secondary N) is 1. The number of rotatable bonds is 2. The first-order valence-electron chi connectivity index (χ1n) is 6.66. The van der Waals surface area contributed by atoms with E-state index in [9.17, 15) is 4.79 Å². The molecule has 0 aromatic rings. The van der Waals surface area contributed by atoms with Gasteiger partial charge in [-0.25, -0.2) is 0 Å². The van der Waals surface area contributed by atoms with Gasteiger partial charge in [-0.05, 0) is 24.2 Å². The van der Waals surface area contributed by atoms with Gasteiger partial charge in [0.15, 0.2) is 0 Å². The van der Waals surface area contributed by atoms with E-state index in [1.165, 1.54) is 12.8 Å². The lowest BCUT2D eigenvalue weighted by molar-refractivity contribution is -0.125. The van der Waals surface area contributed by atoms with Crippen molar-refractivity contribution in [1.82, 2.24) is 10.2 Å². The minimum absolute atomic E-state index is 0.120. The SMILES string of the molecule is CC1CC(C)(C)CC1N1CCNCC1C(N)=O. The predicted molar refractivity (Wildman–Crippen MR) is 68.5 cm³/mol. The highest BCUT2D eigenvalue weighted by molar-refractivity contribution is 5.80. The zero-order valence-corrected chi connectivity index (χ0v) is 11.2. The summed E-state index contributed by atoms with van der Waals surface area (Å²) in [5, 5.41) is 3.26.